The predicted molar refractivity (Wildman–Crippen MR) is 69.3 cm³/mol. The Morgan fingerprint density at radius 3 is 2.70 bits per heavy atom. The summed E-state index contributed by atoms with van der Waals surface area (Å²) in [4.78, 5) is 21.9. The minimum absolute atomic E-state index is 0.142. The number of aldehydes is 1. The Kier molecular flexibility index (Phi) is 4.43. The molecule has 1 aromatic carbocycles. The van der Waals surface area contributed by atoms with Gasteiger partial charge in [-0.2, -0.15) is 15.4 Å². The van der Waals surface area contributed by atoms with E-state index in [1.165, 1.54) is 0 Å². The molecule has 1 heterocycles. The third-order valence-corrected chi connectivity index (χ3v) is 2.48. The molecule has 0 saturated heterocycles. The first-order valence-electron chi connectivity index (χ1n) is 5.99. The Balaban J connectivity index is 2.03. The van der Waals surface area contributed by atoms with Gasteiger partial charge in [-0.25, -0.2) is 4.79 Å². The molecule has 0 bridgehead atoms. The van der Waals surface area contributed by atoms with E-state index in [4.69, 9.17) is 9.47 Å². The molecule has 7 nitrogen and oxygen atoms in total. The Bertz CT molecular complexity index is 592. The van der Waals surface area contributed by atoms with Crippen LogP contribution >= 0.6 is 0 Å². The molecule has 2 aromatic rings. The molecule has 20 heavy (non-hydrogen) atoms. The molecule has 7 heteroatoms. The van der Waals surface area contributed by atoms with Crippen LogP contribution in [0.3, 0.4) is 0 Å². The van der Waals surface area contributed by atoms with Gasteiger partial charge in [0, 0.05) is 5.56 Å². The number of H-pyrrole nitrogens is 1. The van der Waals surface area contributed by atoms with Gasteiger partial charge in [0.2, 0.25) is 0 Å². The molecule has 0 unspecified atom stereocenters. The number of aromatic amines is 1. The number of carbonyl (C=O) groups is 2. The highest BCUT2D eigenvalue weighted by Crippen LogP contribution is 2.21. The Labute approximate surface area is 114 Å². The van der Waals surface area contributed by atoms with Crippen molar-refractivity contribution in [2.45, 2.75) is 6.92 Å². The van der Waals surface area contributed by atoms with Gasteiger partial charge in [0.25, 0.3) is 0 Å². The number of rotatable bonds is 6. The lowest BCUT2D eigenvalue weighted by Gasteiger charge is -2.06. The van der Waals surface area contributed by atoms with Gasteiger partial charge in [0.1, 0.15) is 11.4 Å². The Hall–Kier alpha value is -2.70. The summed E-state index contributed by atoms with van der Waals surface area (Å²) in [6.07, 6.45) is 0.629. The monoisotopic (exact) mass is 275 g/mol. The molecule has 0 saturated carbocycles. The number of aromatic nitrogens is 3. The van der Waals surface area contributed by atoms with Crippen LogP contribution in [0.4, 0.5) is 0 Å². The van der Waals surface area contributed by atoms with Crippen LogP contribution in [0.1, 0.15) is 17.4 Å². The van der Waals surface area contributed by atoms with Crippen LogP contribution in [0.2, 0.25) is 0 Å². The molecule has 0 aliphatic heterocycles. The zero-order valence-electron chi connectivity index (χ0n) is 10.8. The van der Waals surface area contributed by atoms with Crippen molar-refractivity contribution in [1.82, 2.24) is 15.4 Å². The van der Waals surface area contributed by atoms with Crippen LogP contribution < -0.4 is 4.74 Å². The summed E-state index contributed by atoms with van der Waals surface area (Å²) in [5.41, 5.74) is 1.44. The second-order valence-electron chi connectivity index (χ2n) is 3.79. The number of carbonyl (C=O) groups excluding carboxylic acids is 2. The molecule has 2 rings (SSSR count). The van der Waals surface area contributed by atoms with Crippen LogP contribution in [0, 0.1) is 0 Å². The van der Waals surface area contributed by atoms with Gasteiger partial charge in [0.05, 0.1) is 6.61 Å². The fraction of sp³-hybridized carbons (Fsp3) is 0.231. The second-order valence-corrected chi connectivity index (χ2v) is 3.79. The number of esters is 1. The largest absolute Gasteiger partial charge is 0.482 e. The fourth-order valence-electron chi connectivity index (χ4n) is 1.59. The highest BCUT2D eigenvalue weighted by atomic mass is 16.6. The number of benzene rings is 1. The minimum atomic E-state index is -0.420. The Morgan fingerprint density at radius 1 is 1.30 bits per heavy atom. The lowest BCUT2D eigenvalue weighted by atomic mass is 10.1. The molecule has 104 valence electrons. The van der Waals surface area contributed by atoms with Crippen LogP contribution in [-0.2, 0) is 9.53 Å². The van der Waals surface area contributed by atoms with Crippen molar-refractivity contribution >= 4 is 12.3 Å². The van der Waals surface area contributed by atoms with Crippen molar-refractivity contribution in [2.24, 2.45) is 0 Å². The predicted octanol–water partition coefficient (Wildman–Crippen LogP) is 1.23. The second kappa shape index (κ2) is 6.46. The van der Waals surface area contributed by atoms with E-state index in [9.17, 15) is 9.59 Å². The van der Waals surface area contributed by atoms with Crippen LogP contribution in [-0.4, -0.2) is 40.9 Å². The molecule has 0 fully saturated rings. The maximum absolute atomic E-state index is 11.1. The average molecular weight is 275 g/mol. The highest BCUT2D eigenvalue weighted by molar-refractivity contribution is 5.82. The maximum Gasteiger partial charge on any atom is 0.344 e. The molecule has 0 amide bonds. The third kappa shape index (κ3) is 3.19. The van der Waals surface area contributed by atoms with Gasteiger partial charge >= 0.3 is 5.97 Å². The van der Waals surface area contributed by atoms with E-state index < -0.39 is 5.97 Å². The molecule has 0 radical (unpaired) electrons. The lowest BCUT2D eigenvalue weighted by Crippen LogP contribution is -2.14. The van der Waals surface area contributed by atoms with E-state index in [0.29, 0.717) is 24.3 Å². The summed E-state index contributed by atoms with van der Waals surface area (Å²) in [5.74, 6) is 0.106. The first-order valence-corrected chi connectivity index (χ1v) is 5.99. The molecule has 0 spiro atoms. The van der Waals surface area contributed by atoms with Gasteiger partial charge in [0.15, 0.2) is 18.6 Å². The summed E-state index contributed by atoms with van der Waals surface area (Å²) in [6.45, 7) is 1.91. The quantitative estimate of drug-likeness (QED) is 0.629. The highest BCUT2D eigenvalue weighted by Gasteiger charge is 2.09. The summed E-state index contributed by atoms with van der Waals surface area (Å²) >= 11 is 0. The smallest absolute Gasteiger partial charge is 0.344 e. The third-order valence-electron chi connectivity index (χ3n) is 2.48. The van der Waals surface area contributed by atoms with Crippen LogP contribution in [0.15, 0.2) is 24.3 Å². The standard InChI is InChI=1S/C13H13N3O4/c1-2-19-12(18)8-20-10-5-3-9(4-6-10)13-11(7-17)14-16-15-13/h3-7H,2,8H2,1H3,(H,14,15,16). The van der Waals surface area contributed by atoms with Crippen molar-refractivity contribution in [2.75, 3.05) is 13.2 Å². The molecular weight excluding hydrogens is 262 g/mol. The molecule has 0 aliphatic carbocycles. The van der Waals surface area contributed by atoms with Gasteiger partial charge in [-0.1, -0.05) is 0 Å². The van der Waals surface area contributed by atoms with Crippen molar-refractivity contribution in [1.29, 1.82) is 0 Å². The van der Waals surface area contributed by atoms with E-state index in [2.05, 4.69) is 15.4 Å². The van der Waals surface area contributed by atoms with Crippen molar-refractivity contribution < 1.29 is 19.1 Å². The summed E-state index contributed by atoms with van der Waals surface area (Å²) in [6, 6.07) is 6.81. The van der Waals surface area contributed by atoms with E-state index in [0.717, 1.165) is 5.56 Å². The fourth-order valence-corrected chi connectivity index (χ4v) is 1.59. The summed E-state index contributed by atoms with van der Waals surface area (Å²) in [5, 5.41) is 10.0. The number of hydrogen-bond acceptors (Lipinski definition) is 6. The van der Waals surface area contributed by atoms with Crippen LogP contribution in [0.25, 0.3) is 11.3 Å². The Morgan fingerprint density at radius 2 is 2.05 bits per heavy atom. The minimum Gasteiger partial charge on any atom is -0.482 e. The zero-order valence-corrected chi connectivity index (χ0v) is 10.8. The average Bonchev–Trinajstić information content (AvgIpc) is 2.94. The molecule has 0 atom stereocenters. The normalized spacial score (nSPS) is 10.1. The number of hydrogen-bond donors (Lipinski definition) is 1. The molecule has 0 aliphatic rings. The van der Waals surface area contributed by atoms with Crippen LogP contribution in [0.5, 0.6) is 5.75 Å². The maximum atomic E-state index is 11.1. The lowest BCUT2D eigenvalue weighted by molar-refractivity contribution is -0.145. The van der Waals surface area contributed by atoms with Gasteiger partial charge in [-0.15, -0.1) is 0 Å². The number of ether oxygens (including phenoxy) is 2. The first kappa shape index (κ1) is 13.7. The molecule has 1 N–H and O–H groups in total. The van der Waals surface area contributed by atoms with E-state index in [1.54, 1.807) is 31.2 Å². The summed E-state index contributed by atoms with van der Waals surface area (Å²) < 4.78 is 10.0. The SMILES string of the molecule is CCOC(=O)COc1ccc(-c2n[nH]nc2C=O)cc1. The van der Waals surface area contributed by atoms with Gasteiger partial charge in [-0.3, -0.25) is 4.79 Å². The first-order chi connectivity index (χ1) is 9.74. The molecule has 1 aromatic heterocycles. The van der Waals surface area contributed by atoms with E-state index >= 15 is 0 Å². The molecular formula is C13H13N3O4. The van der Waals surface area contributed by atoms with Crippen molar-refractivity contribution in [3.63, 3.8) is 0 Å². The van der Waals surface area contributed by atoms with Crippen molar-refractivity contribution in [3.05, 3.63) is 30.0 Å². The van der Waals surface area contributed by atoms with E-state index in [-0.39, 0.29) is 12.3 Å². The van der Waals surface area contributed by atoms with E-state index in [1.807, 2.05) is 0 Å². The summed E-state index contributed by atoms with van der Waals surface area (Å²) in [7, 11) is 0. The zero-order chi connectivity index (χ0) is 14.4. The van der Waals surface area contributed by atoms with Gasteiger partial charge < -0.3 is 9.47 Å². The topological polar surface area (TPSA) is 94.2 Å². The number of nitrogens with zero attached hydrogens (tertiary/aromatic N) is 2. The van der Waals surface area contributed by atoms with Gasteiger partial charge in [-0.05, 0) is 31.2 Å². The number of nitrogens with one attached hydrogen (secondary N) is 1. The van der Waals surface area contributed by atoms with Crippen molar-refractivity contribution in [3.8, 4) is 17.0 Å².